The van der Waals surface area contributed by atoms with Crippen molar-refractivity contribution >= 4 is 5.91 Å². The maximum atomic E-state index is 11.6. The molecule has 1 amide bonds. The Morgan fingerprint density at radius 3 is 2.67 bits per heavy atom. The van der Waals surface area contributed by atoms with Crippen LogP contribution < -0.4 is 10.6 Å². The van der Waals surface area contributed by atoms with E-state index in [9.17, 15) is 4.79 Å². The molecule has 0 aromatic carbocycles. The fraction of sp³-hybridized carbons (Fsp3) is 0.900. The van der Waals surface area contributed by atoms with E-state index in [0.29, 0.717) is 12.6 Å². The van der Waals surface area contributed by atoms with Crippen molar-refractivity contribution in [1.29, 1.82) is 0 Å². The Morgan fingerprint density at radius 2 is 2.07 bits per heavy atom. The van der Waals surface area contributed by atoms with E-state index in [-0.39, 0.29) is 5.91 Å². The Balaban J connectivity index is 1.63. The number of piperazine rings is 1. The van der Waals surface area contributed by atoms with Crippen LogP contribution in [0.1, 0.15) is 0 Å². The number of likely N-dealkylation sites (N-methyl/N-ethyl adjacent to an activating group) is 1. The van der Waals surface area contributed by atoms with Crippen LogP contribution in [0, 0.1) is 0 Å². The van der Waals surface area contributed by atoms with Gasteiger partial charge in [0.05, 0.1) is 12.6 Å². The minimum absolute atomic E-state index is 0.176. The standard InChI is InChI=1S/C10H20N4O/c1-13-6-9(7-13)12-10(15)8-14-4-2-11-3-5-14/h9,11H,2-8H2,1H3,(H,12,15). The number of carbonyl (C=O) groups is 1. The molecule has 0 atom stereocenters. The molecule has 2 aliphatic rings. The van der Waals surface area contributed by atoms with Crippen LogP contribution in [0.5, 0.6) is 0 Å². The number of likely N-dealkylation sites (tertiary alicyclic amines) is 1. The van der Waals surface area contributed by atoms with Crippen LogP contribution in [0.25, 0.3) is 0 Å². The molecule has 0 aromatic rings. The minimum Gasteiger partial charge on any atom is -0.350 e. The Labute approximate surface area is 90.8 Å². The van der Waals surface area contributed by atoms with Crippen molar-refractivity contribution in [3.8, 4) is 0 Å². The normalized spacial score (nSPS) is 24.9. The first-order chi connectivity index (χ1) is 7.24. The summed E-state index contributed by atoms with van der Waals surface area (Å²) in [6, 6.07) is 0.380. The maximum absolute atomic E-state index is 11.6. The molecule has 2 rings (SSSR count). The van der Waals surface area contributed by atoms with Crippen molar-refractivity contribution in [1.82, 2.24) is 20.4 Å². The summed E-state index contributed by atoms with van der Waals surface area (Å²) in [6.07, 6.45) is 0. The molecule has 2 saturated heterocycles. The Bertz CT molecular complexity index is 221. The topological polar surface area (TPSA) is 47.6 Å². The average Bonchev–Trinajstić information content (AvgIpc) is 2.17. The van der Waals surface area contributed by atoms with Gasteiger partial charge in [0.25, 0.3) is 0 Å². The van der Waals surface area contributed by atoms with Crippen LogP contribution >= 0.6 is 0 Å². The highest BCUT2D eigenvalue weighted by atomic mass is 16.2. The largest absolute Gasteiger partial charge is 0.350 e. The number of carbonyl (C=O) groups excluding carboxylic acids is 1. The first kappa shape index (κ1) is 10.9. The van der Waals surface area contributed by atoms with Gasteiger partial charge in [-0.05, 0) is 7.05 Å². The number of nitrogens with one attached hydrogen (secondary N) is 2. The SMILES string of the molecule is CN1CC(NC(=O)CN2CCNCC2)C1. The summed E-state index contributed by atoms with van der Waals surface area (Å²) in [5, 5.41) is 6.33. The molecule has 0 bridgehead atoms. The van der Waals surface area contributed by atoms with Crippen molar-refractivity contribution in [2.24, 2.45) is 0 Å². The molecule has 2 N–H and O–H groups in total. The highest BCUT2D eigenvalue weighted by Gasteiger charge is 2.25. The molecule has 15 heavy (non-hydrogen) atoms. The average molecular weight is 212 g/mol. The van der Waals surface area contributed by atoms with E-state index < -0.39 is 0 Å². The fourth-order valence-electron chi connectivity index (χ4n) is 2.14. The summed E-state index contributed by atoms with van der Waals surface area (Å²) >= 11 is 0. The summed E-state index contributed by atoms with van der Waals surface area (Å²) < 4.78 is 0. The number of rotatable bonds is 3. The molecular formula is C10H20N4O. The Kier molecular flexibility index (Phi) is 3.56. The second kappa shape index (κ2) is 4.92. The van der Waals surface area contributed by atoms with Crippen molar-refractivity contribution in [3.63, 3.8) is 0 Å². The highest BCUT2D eigenvalue weighted by Crippen LogP contribution is 2.03. The van der Waals surface area contributed by atoms with Crippen LogP contribution in [0.4, 0.5) is 0 Å². The fourth-order valence-corrected chi connectivity index (χ4v) is 2.14. The molecule has 2 fully saturated rings. The first-order valence-electron chi connectivity index (χ1n) is 5.65. The van der Waals surface area contributed by atoms with Crippen molar-refractivity contribution in [2.45, 2.75) is 6.04 Å². The van der Waals surface area contributed by atoms with Gasteiger partial charge in [0.15, 0.2) is 0 Å². The van der Waals surface area contributed by atoms with Crippen molar-refractivity contribution in [2.75, 3.05) is 52.9 Å². The van der Waals surface area contributed by atoms with Crippen LogP contribution in [0.3, 0.4) is 0 Å². The van der Waals surface area contributed by atoms with Gasteiger partial charge in [-0.15, -0.1) is 0 Å². The third-order valence-electron chi connectivity index (χ3n) is 3.01. The van der Waals surface area contributed by atoms with Crippen LogP contribution in [0.15, 0.2) is 0 Å². The smallest absolute Gasteiger partial charge is 0.234 e. The van der Waals surface area contributed by atoms with Crippen LogP contribution in [0.2, 0.25) is 0 Å². The molecule has 0 radical (unpaired) electrons. The summed E-state index contributed by atoms with van der Waals surface area (Å²) in [6.45, 7) is 6.51. The molecule has 86 valence electrons. The molecule has 2 heterocycles. The van der Waals surface area contributed by atoms with Gasteiger partial charge in [-0.3, -0.25) is 9.69 Å². The lowest BCUT2D eigenvalue weighted by atomic mass is 10.1. The molecule has 0 spiro atoms. The van der Waals surface area contributed by atoms with E-state index in [1.54, 1.807) is 0 Å². The number of nitrogens with zero attached hydrogens (tertiary/aromatic N) is 2. The quantitative estimate of drug-likeness (QED) is 0.587. The van der Waals surface area contributed by atoms with Gasteiger partial charge >= 0.3 is 0 Å². The molecule has 0 aliphatic carbocycles. The van der Waals surface area contributed by atoms with Crippen LogP contribution in [-0.4, -0.2) is 74.6 Å². The van der Waals surface area contributed by atoms with E-state index in [2.05, 4.69) is 27.5 Å². The molecule has 0 saturated carbocycles. The Morgan fingerprint density at radius 1 is 1.40 bits per heavy atom. The summed E-state index contributed by atoms with van der Waals surface area (Å²) in [5.74, 6) is 0.176. The van der Waals surface area contributed by atoms with E-state index in [4.69, 9.17) is 0 Å². The third kappa shape index (κ3) is 3.15. The van der Waals surface area contributed by atoms with E-state index in [1.165, 1.54) is 0 Å². The molecule has 5 heteroatoms. The molecule has 0 aromatic heterocycles. The second-order valence-corrected chi connectivity index (χ2v) is 4.51. The first-order valence-corrected chi connectivity index (χ1v) is 5.65. The zero-order chi connectivity index (χ0) is 10.7. The van der Waals surface area contributed by atoms with Gasteiger partial charge in [0.2, 0.25) is 5.91 Å². The second-order valence-electron chi connectivity index (χ2n) is 4.51. The van der Waals surface area contributed by atoms with E-state index >= 15 is 0 Å². The summed E-state index contributed by atoms with van der Waals surface area (Å²) in [5.41, 5.74) is 0. The highest BCUT2D eigenvalue weighted by molar-refractivity contribution is 5.78. The lowest BCUT2D eigenvalue weighted by Crippen LogP contribution is -2.59. The van der Waals surface area contributed by atoms with Gasteiger partial charge < -0.3 is 15.5 Å². The lowest BCUT2D eigenvalue weighted by molar-refractivity contribution is -0.124. The van der Waals surface area contributed by atoms with E-state index in [1.807, 2.05) is 0 Å². The zero-order valence-electron chi connectivity index (χ0n) is 9.33. The minimum atomic E-state index is 0.176. The maximum Gasteiger partial charge on any atom is 0.234 e. The van der Waals surface area contributed by atoms with Crippen LogP contribution in [-0.2, 0) is 4.79 Å². The monoisotopic (exact) mass is 212 g/mol. The third-order valence-corrected chi connectivity index (χ3v) is 3.01. The predicted octanol–water partition coefficient (Wildman–Crippen LogP) is -1.68. The van der Waals surface area contributed by atoms with Crippen molar-refractivity contribution in [3.05, 3.63) is 0 Å². The number of hydrogen-bond donors (Lipinski definition) is 2. The number of hydrogen-bond acceptors (Lipinski definition) is 4. The van der Waals surface area contributed by atoms with Gasteiger partial charge in [-0.2, -0.15) is 0 Å². The molecule has 5 nitrogen and oxygen atoms in total. The van der Waals surface area contributed by atoms with Gasteiger partial charge in [0, 0.05) is 39.3 Å². The number of amides is 1. The molecule has 0 unspecified atom stereocenters. The van der Waals surface area contributed by atoms with Gasteiger partial charge in [0.1, 0.15) is 0 Å². The lowest BCUT2D eigenvalue weighted by Gasteiger charge is -2.37. The zero-order valence-corrected chi connectivity index (χ0v) is 9.33. The Hall–Kier alpha value is -0.650. The van der Waals surface area contributed by atoms with Gasteiger partial charge in [-0.1, -0.05) is 0 Å². The molecular weight excluding hydrogens is 192 g/mol. The van der Waals surface area contributed by atoms with E-state index in [0.717, 1.165) is 39.3 Å². The molecule has 2 aliphatic heterocycles. The van der Waals surface area contributed by atoms with Crippen molar-refractivity contribution < 1.29 is 4.79 Å². The summed E-state index contributed by atoms with van der Waals surface area (Å²) in [4.78, 5) is 16.0. The summed E-state index contributed by atoms with van der Waals surface area (Å²) in [7, 11) is 2.07. The van der Waals surface area contributed by atoms with Gasteiger partial charge in [-0.25, -0.2) is 0 Å². The predicted molar refractivity (Wildman–Crippen MR) is 58.7 cm³/mol.